The Bertz CT molecular complexity index is 1430. The lowest BCUT2D eigenvalue weighted by Gasteiger charge is -2.13. The third-order valence-corrected chi connectivity index (χ3v) is 7.18. The zero-order valence-corrected chi connectivity index (χ0v) is 19.7. The fourth-order valence-electron chi connectivity index (χ4n) is 3.17. The molecule has 0 atom stereocenters. The van der Waals surface area contributed by atoms with Gasteiger partial charge in [-0.3, -0.25) is 14.8 Å². The van der Waals surface area contributed by atoms with Crippen molar-refractivity contribution < 1.29 is 22.7 Å². The topological polar surface area (TPSA) is 107 Å². The number of fused-ring (bicyclic) bond motifs is 1. The van der Waals surface area contributed by atoms with Gasteiger partial charge in [-0.1, -0.05) is 35.1 Å². The van der Waals surface area contributed by atoms with E-state index in [0.717, 1.165) is 10.3 Å². The lowest BCUT2D eigenvalue weighted by molar-refractivity contribution is 0.102. The van der Waals surface area contributed by atoms with E-state index < -0.39 is 15.9 Å². The van der Waals surface area contributed by atoms with Crippen LogP contribution in [-0.4, -0.2) is 33.5 Å². The molecule has 0 saturated carbocycles. The van der Waals surface area contributed by atoms with Gasteiger partial charge in [-0.05, 0) is 49.4 Å². The zero-order chi connectivity index (χ0) is 23.6. The average Bonchev–Trinajstić information content (AvgIpc) is 3.22. The monoisotopic (exact) mass is 483 g/mol. The standard InChI is InChI=1S/C23H21N3O5S2/c1-14-7-10-16(11-8-14)26-33(28,29)20-13-15(9-12-17(20)30-2)22(27)25-23-24-21-18(31-3)5-4-6-19(21)32-23/h4-13,26H,1-3H3,(H,24,25,27). The van der Waals surface area contributed by atoms with Crippen molar-refractivity contribution in [2.24, 2.45) is 0 Å². The summed E-state index contributed by atoms with van der Waals surface area (Å²) in [4.78, 5) is 17.2. The first kappa shape index (κ1) is 22.6. The number of nitrogens with zero attached hydrogens (tertiary/aromatic N) is 1. The molecule has 3 aromatic carbocycles. The van der Waals surface area contributed by atoms with Gasteiger partial charge in [0.05, 0.1) is 18.9 Å². The van der Waals surface area contributed by atoms with Gasteiger partial charge in [0.25, 0.3) is 15.9 Å². The summed E-state index contributed by atoms with van der Waals surface area (Å²) in [6.45, 7) is 1.91. The van der Waals surface area contributed by atoms with E-state index in [0.29, 0.717) is 22.1 Å². The number of amides is 1. The Kier molecular flexibility index (Phi) is 6.21. The first-order valence-corrected chi connectivity index (χ1v) is 12.1. The molecule has 10 heteroatoms. The second kappa shape index (κ2) is 9.08. The minimum absolute atomic E-state index is 0.121. The van der Waals surface area contributed by atoms with Crippen LogP contribution in [0.1, 0.15) is 15.9 Å². The molecular weight excluding hydrogens is 462 g/mol. The number of rotatable bonds is 7. The molecule has 1 aromatic heterocycles. The number of sulfonamides is 1. The Morgan fingerprint density at radius 3 is 2.39 bits per heavy atom. The van der Waals surface area contributed by atoms with Crippen LogP contribution in [0.3, 0.4) is 0 Å². The summed E-state index contributed by atoms with van der Waals surface area (Å²) in [5.41, 5.74) is 2.19. The van der Waals surface area contributed by atoms with E-state index in [1.54, 1.807) is 37.4 Å². The molecule has 0 aliphatic heterocycles. The quantitative estimate of drug-likeness (QED) is 0.395. The molecular formula is C23H21N3O5S2. The fourth-order valence-corrected chi connectivity index (χ4v) is 5.30. The van der Waals surface area contributed by atoms with E-state index in [9.17, 15) is 13.2 Å². The highest BCUT2D eigenvalue weighted by Crippen LogP contribution is 2.33. The summed E-state index contributed by atoms with van der Waals surface area (Å²) in [7, 11) is -1.09. The molecule has 0 fully saturated rings. The molecule has 1 amide bonds. The van der Waals surface area contributed by atoms with E-state index in [2.05, 4.69) is 15.0 Å². The number of aryl methyl sites for hydroxylation is 1. The normalized spacial score (nSPS) is 11.2. The van der Waals surface area contributed by atoms with E-state index in [4.69, 9.17) is 9.47 Å². The van der Waals surface area contributed by atoms with Crippen molar-refractivity contribution in [3.8, 4) is 11.5 Å². The molecule has 0 aliphatic rings. The molecule has 4 rings (SSSR count). The van der Waals surface area contributed by atoms with E-state index in [1.807, 2.05) is 19.1 Å². The van der Waals surface area contributed by atoms with Crippen molar-refractivity contribution in [3.05, 3.63) is 71.8 Å². The van der Waals surface area contributed by atoms with Crippen molar-refractivity contribution in [2.45, 2.75) is 11.8 Å². The van der Waals surface area contributed by atoms with Gasteiger partial charge >= 0.3 is 0 Å². The van der Waals surface area contributed by atoms with Crippen LogP contribution >= 0.6 is 11.3 Å². The molecule has 170 valence electrons. The number of para-hydroxylation sites is 1. The fraction of sp³-hybridized carbons (Fsp3) is 0.130. The van der Waals surface area contributed by atoms with Crippen LogP contribution in [0.25, 0.3) is 10.2 Å². The van der Waals surface area contributed by atoms with Crippen molar-refractivity contribution in [1.82, 2.24) is 4.98 Å². The first-order chi connectivity index (χ1) is 15.8. The summed E-state index contributed by atoms with van der Waals surface area (Å²) in [6.07, 6.45) is 0. The molecule has 2 N–H and O–H groups in total. The van der Waals surface area contributed by atoms with Crippen LogP contribution < -0.4 is 19.5 Å². The predicted octanol–water partition coefficient (Wildman–Crippen LogP) is 4.68. The number of hydrogen-bond donors (Lipinski definition) is 2. The summed E-state index contributed by atoms with van der Waals surface area (Å²) in [5, 5.41) is 3.10. The van der Waals surface area contributed by atoms with Crippen molar-refractivity contribution in [3.63, 3.8) is 0 Å². The van der Waals surface area contributed by atoms with Gasteiger partial charge in [-0.2, -0.15) is 0 Å². The van der Waals surface area contributed by atoms with Gasteiger partial charge < -0.3 is 9.47 Å². The molecule has 33 heavy (non-hydrogen) atoms. The number of hydrogen-bond acceptors (Lipinski definition) is 7. The van der Waals surface area contributed by atoms with Gasteiger partial charge in [0.1, 0.15) is 21.9 Å². The number of aromatic nitrogens is 1. The molecule has 0 spiro atoms. The van der Waals surface area contributed by atoms with Gasteiger partial charge in [0.2, 0.25) is 0 Å². The summed E-state index contributed by atoms with van der Waals surface area (Å²) in [6, 6.07) is 16.6. The molecule has 0 bridgehead atoms. The Balaban J connectivity index is 1.63. The van der Waals surface area contributed by atoms with Crippen LogP contribution in [0.2, 0.25) is 0 Å². The zero-order valence-electron chi connectivity index (χ0n) is 18.1. The molecule has 1 heterocycles. The van der Waals surface area contributed by atoms with Crippen LogP contribution in [0.15, 0.2) is 65.6 Å². The SMILES string of the molecule is COc1ccc(C(=O)Nc2nc3c(OC)cccc3s2)cc1S(=O)(=O)Nc1ccc(C)cc1. The van der Waals surface area contributed by atoms with E-state index in [-0.39, 0.29) is 16.2 Å². The number of carbonyl (C=O) groups is 1. The van der Waals surface area contributed by atoms with Crippen LogP contribution in [0, 0.1) is 6.92 Å². The van der Waals surface area contributed by atoms with Gasteiger partial charge in [0.15, 0.2) is 5.13 Å². The lowest BCUT2D eigenvalue weighted by atomic mass is 10.2. The number of ether oxygens (including phenoxy) is 2. The molecule has 0 radical (unpaired) electrons. The maximum Gasteiger partial charge on any atom is 0.265 e. The lowest BCUT2D eigenvalue weighted by Crippen LogP contribution is -2.17. The smallest absolute Gasteiger partial charge is 0.265 e. The largest absolute Gasteiger partial charge is 0.495 e. The number of carbonyl (C=O) groups excluding carboxylic acids is 1. The number of methoxy groups -OCH3 is 2. The molecule has 8 nitrogen and oxygen atoms in total. The Hall–Kier alpha value is -3.63. The van der Waals surface area contributed by atoms with Crippen molar-refractivity contribution >= 4 is 48.3 Å². The second-order valence-corrected chi connectivity index (χ2v) is 9.80. The van der Waals surface area contributed by atoms with Crippen LogP contribution in [-0.2, 0) is 10.0 Å². The number of thiazole rings is 1. The highest BCUT2D eigenvalue weighted by Gasteiger charge is 2.22. The predicted molar refractivity (Wildman–Crippen MR) is 129 cm³/mol. The average molecular weight is 484 g/mol. The molecule has 4 aromatic rings. The van der Waals surface area contributed by atoms with E-state index in [1.165, 1.54) is 36.6 Å². The Labute approximate surface area is 195 Å². The van der Waals surface area contributed by atoms with Gasteiger partial charge in [-0.25, -0.2) is 13.4 Å². The van der Waals surface area contributed by atoms with Gasteiger partial charge in [0, 0.05) is 11.3 Å². The summed E-state index contributed by atoms with van der Waals surface area (Å²) >= 11 is 1.29. The molecule has 0 aliphatic carbocycles. The first-order valence-electron chi connectivity index (χ1n) is 9.83. The molecule has 0 saturated heterocycles. The minimum atomic E-state index is -4.01. The molecule has 0 unspecified atom stereocenters. The number of nitrogens with one attached hydrogen (secondary N) is 2. The summed E-state index contributed by atoms with van der Waals surface area (Å²) < 4.78 is 40.0. The van der Waals surface area contributed by atoms with Gasteiger partial charge in [-0.15, -0.1) is 0 Å². The Morgan fingerprint density at radius 1 is 0.970 bits per heavy atom. The minimum Gasteiger partial charge on any atom is -0.495 e. The van der Waals surface area contributed by atoms with Crippen molar-refractivity contribution in [1.29, 1.82) is 0 Å². The Morgan fingerprint density at radius 2 is 1.70 bits per heavy atom. The highest BCUT2D eigenvalue weighted by molar-refractivity contribution is 7.92. The summed E-state index contributed by atoms with van der Waals surface area (Å²) in [5.74, 6) is 0.225. The van der Waals surface area contributed by atoms with Crippen LogP contribution in [0.5, 0.6) is 11.5 Å². The van der Waals surface area contributed by atoms with Crippen LogP contribution in [0.4, 0.5) is 10.8 Å². The third kappa shape index (κ3) is 4.76. The number of anilines is 2. The second-order valence-electron chi connectivity index (χ2n) is 7.12. The maximum atomic E-state index is 13.0. The third-order valence-electron chi connectivity index (χ3n) is 4.84. The number of benzene rings is 3. The highest BCUT2D eigenvalue weighted by atomic mass is 32.2. The maximum absolute atomic E-state index is 13.0. The van der Waals surface area contributed by atoms with Crippen molar-refractivity contribution in [2.75, 3.05) is 24.3 Å². The van der Waals surface area contributed by atoms with E-state index >= 15 is 0 Å².